The van der Waals surface area contributed by atoms with Crippen LogP contribution in [0.5, 0.6) is 0 Å². The fraction of sp³-hybridized carbons (Fsp3) is 0.889. The molecule has 0 aromatic rings. The lowest BCUT2D eigenvalue weighted by Crippen LogP contribution is -2.67. The highest BCUT2D eigenvalue weighted by Crippen LogP contribution is 2.23. The van der Waals surface area contributed by atoms with Crippen LogP contribution in [0.15, 0.2) is 0 Å². The standard InChI is InChI=1S/C9H18N2O8/c10-11(3(1-12)9(17)18)8-7(16)6(15)5(14)4(2-13)19-8/h3-8,12-16H,1-2,10H2,(H,17,18)/t3-,4+,5+,6-,7+,8?/m0/s1. The molecule has 10 nitrogen and oxygen atoms in total. The number of nitrogens with zero attached hydrogens (tertiary/aromatic N) is 1. The molecule has 0 saturated carbocycles. The normalized spacial score (nSPS) is 37.3. The van der Waals surface area contributed by atoms with Crippen LogP contribution >= 0.6 is 0 Å². The Morgan fingerprint density at radius 3 is 2.21 bits per heavy atom. The minimum atomic E-state index is -1.70. The molecule has 0 amide bonds. The van der Waals surface area contributed by atoms with Crippen LogP contribution in [0.2, 0.25) is 0 Å². The van der Waals surface area contributed by atoms with E-state index in [9.17, 15) is 20.1 Å². The van der Waals surface area contributed by atoms with Crippen molar-refractivity contribution < 1.29 is 40.2 Å². The molecular weight excluding hydrogens is 264 g/mol. The zero-order chi connectivity index (χ0) is 14.7. The maximum Gasteiger partial charge on any atom is 0.324 e. The minimum absolute atomic E-state index is 0.519. The van der Waals surface area contributed by atoms with Gasteiger partial charge in [0.15, 0.2) is 6.23 Å². The molecule has 0 bridgehead atoms. The van der Waals surface area contributed by atoms with E-state index < -0.39 is 55.9 Å². The van der Waals surface area contributed by atoms with Crippen molar-refractivity contribution in [3.05, 3.63) is 0 Å². The summed E-state index contributed by atoms with van der Waals surface area (Å²) in [7, 11) is 0. The summed E-state index contributed by atoms with van der Waals surface area (Å²) < 4.78 is 5.04. The predicted molar refractivity (Wildman–Crippen MR) is 58.3 cm³/mol. The molecule has 0 radical (unpaired) electrons. The van der Waals surface area contributed by atoms with E-state index in [1.807, 2.05) is 0 Å². The SMILES string of the molecule is NN(C1O[C@H](CO)[C@@H](O)[C@H](O)[C@H]1O)[C@@H](CO)C(=O)O. The van der Waals surface area contributed by atoms with Gasteiger partial charge in [0.2, 0.25) is 0 Å². The van der Waals surface area contributed by atoms with Crippen molar-refractivity contribution in [2.45, 2.75) is 36.7 Å². The lowest BCUT2D eigenvalue weighted by Gasteiger charge is -2.44. The zero-order valence-corrected chi connectivity index (χ0v) is 9.90. The van der Waals surface area contributed by atoms with Gasteiger partial charge in [-0.3, -0.25) is 10.6 Å². The molecule has 0 aromatic heterocycles. The average molecular weight is 282 g/mol. The van der Waals surface area contributed by atoms with Crippen LogP contribution in [0.4, 0.5) is 0 Å². The van der Waals surface area contributed by atoms with Crippen LogP contribution in [0.3, 0.4) is 0 Å². The summed E-state index contributed by atoms with van der Waals surface area (Å²) in [6.45, 7) is -1.51. The van der Waals surface area contributed by atoms with Crippen LogP contribution in [-0.4, -0.2) is 91.5 Å². The summed E-state index contributed by atoms with van der Waals surface area (Å²) in [5.41, 5.74) is 0. The lowest BCUT2D eigenvalue weighted by atomic mass is 9.98. The molecule has 112 valence electrons. The predicted octanol–water partition coefficient (Wildman–Crippen LogP) is -4.59. The fourth-order valence-electron chi connectivity index (χ4n) is 1.81. The van der Waals surface area contributed by atoms with Gasteiger partial charge in [0.25, 0.3) is 0 Å². The van der Waals surface area contributed by atoms with Gasteiger partial charge in [0, 0.05) is 0 Å². The number of aliphatic hydroxyl groups excluding tert-OH is 5. The monoisotopic (exact) mass is 282 g/mol. The van der Waals surface area contributed by atoms with Gasteiger partial charge in [-0.1, -0.05) is 0 Å². The zero-order valence-electron chi connectivity index (χ0n) is 9.90. The largest absolute Gasteiger partial charge is 0.480 e. The first kappa shape index (κ1) is 16.2. The average Bonchev–Trinajstić information content (AvgIpc) is 2.36. The van der Waals surface area contributed by atoms with E-state index in [1.165, 1.54) is 0 Å². The van der Waals surface area contributed by atoms with E-state index in [0.29, 0.717) is 5.01 Å². The Balaban J connectivity index is 2.88. The van der Waals surface area contributed by atoms with Crippen molar-refractivity contribution in [2.75, 3.05) is 13.2 Å². The van der Waals surface area contributed by atoms with Gasteiger partial charge in [-0.15, -0.1) is 0 Å². The van der Waals surface area contributed by atoms with Gasteiger partial charge in [0.05, 0.1) is 13.2 Å². The number of ether oxygens (including phenoxy) is 1. The van der Waals surface area contributed by atoms with Gasteiger partial charge in [0.1, 0.15) is 30.5 Å². The van der Waals surface area contributed by atoms with E-state index >= 15 is 0 Å². The maximum absolute atomic E-state index is 10.8. The Kier molecular flexibility index (Phi) is 5.58. The first-order valence-corrected chi connectivity index (χ1v) is 5.52. The summed E-state index contributed by atoms with van der Waals surface area (Å²) >= 11 is 0. The summed E-state index contributed by atoms with van der Waals surface area (Å²) in [6.07, 6.45) is -7.64. The first-order valence-electron chi connectivity index (χ1n) is 5.52. The van der Waals surface area contributed by atoms with Crippen molar-refractivity contribution in [3.8, 4) is 0 Å². The number of hydrogen-bond acceptors (Lipinski definition) is 9. The highest BCUT2D eigenvalue weighted by molar-refractivity contribution is 5.73. The fourth-order valence-corrected chi connectivity index (χ4v) is 1.81. The van der Waals surface area contributed by atoms with Crippen LogP contribution in [0.25, 0.3) is 0 Å². The molecule has 1 saturated heterocycles. The van der Waals surface area contributed by atoms with E-state index in [-0.39, 0.29) is 0 Å². The maximum atomic E-state index is 10.8. The molecule has 1 rings (SSSR count). The summed E-state index contributed by atoms with van der Waals surface area (Å²) in [5, 5.41) is 56.0. The van der Waals surface area contributed by atoms with Gasteiger partial charge >= 0.3 is 5.97 Å². The Morgan fingerprint density at radius 2 is 1.79 bits per heavy atom. The molecule has 19 heavy (non-hydrogen) atoms. The Hall–Kier alpha value is -0.850. The Labute approximate surface area is 108 Å². The van der Waals surface area contributed by atoms with Gasteiger partial charge in [-0.05, 0) is 0 Å². The number of carbonyl (C=O) groups is 1. The van der Waals surface area contributed by atoms with Crippen molar-refractivity contribution in [1.29, 1.82) is 0 Å². The van der Waals surface area contributed by atoms with Gasteiger partial charge < -0.3 is 35.4 Å². The summed E-state index contributed by atoms with van der Waals surface area (Å²) in [5.74, 6) is 4.00. The van der Waals surface area contributed by atoms with E-state index in [0.717, 1.165) is 0 Å². The van der Waals surface area contributed by atoms with Crippen LogP contribution in [-0.2, 0) is 9.53 Å². The molecule has 1 aliphatic heterocycles. The van der Waals surface area contributed by atoms with E-state index in [4.69, 9.17) is 25.9 Å². The van der Waals surface area contributed by atoms with Crippen molar-refractivity contribution >= 4 is 5.97 Å². The number of hydrazine groups is 1. The highest BCUT2D eigenvalue weighted by Gasteiger charge is 2.47. The molecular formula is C9H18N2O8. The van der Waals surface area contributed by atoms with Gasteiger partial charge in [-0.2, -0.15) is 5.01 Å². The molecule has 0 spiro atoms. The quantitative estimate of drug-likeness (QED) is 0.192. The molecule has 8 N–H and O–H groups in total. The van der Waals surface area contributed by atoms with E-state index in [1.54, 1.807) is 0 Å². The second kappa shape index (κ2) is 6.54. The Morgan fingerprint density at radius 1 is 1.21 bits per heavy atom. The molecule has 1 heterocycles. The summed E-state index contributed by atoms with van der Waals surface area (Å²) in [6, 6.07) is -1.57. The number of hydrogen-bond donors (Lipinski definition) is 7. The second-order valence-corrected chi connectivity index (χ2v) is 4.20. The topological polar surface area (TPSA) is 177 Å². The lowest BCUT2D eigenvalue weighted by molar-refractivity contribution is -0.272. The number of aliphatic hydroxyl groups is 5. The molecule has 0 aromatic carbocycles. The van der Waals surface area contributed by atoms with Crippen molar-refractivity contribution in [3.63, 3.8) is 0 Å². The molecule has 0 aliphatic carbocycles. The summed E-state index contributed by atoms with van der Waals surface area (Å²) in [4.78, 5) is 10.8. The number of carboxylic acid groups (broad SMARTS) is 1. The molecule has 10 heteroatoms. The van der Waals surface area contributed by atoms with Crippen LogP contribution < -0.4 is 5.84 Å². The highest BCUT2D eigenvalue weighted by atomic mass is 16.6. The minimum Gasteiger partial charge on any atom is -0.480 e. The third-order valence-corrected chi connectivity index (χ3v) is 2.98. The van der Waals surface area contributed by atoms with Crippen molar-refractivity contribution in [2.24, 2.45) is 5.84 Å². The smallest absolute Gasteiger partial charge is 0.324 e. The third kappa shape index (κ3) is 3.19. The second-order valence-electron chi connectivity index (χ2n) is 4.20. The van der Waals surface area contributed by atoms with Crippen LogP contribution in [0.1, 0.15) is 0 Å². The van der Waals surface area contributed by atoms with Crippen molar-refractivity contribution in [1.82, 2.24) is 5.01 Å². The third-order valence-electron chi connectivity index (χ3n) is 2.98. The van der Waals surface area contributed by atoms with E-state index in [2.05, 4.69) is 0 Å². The molecule has 1 aliphatic rings. The number of aliphatic carboxylic acids is 1. The molecule has 1 unspecified atom stereocenters. The van der Waals surface area contributed by atoms with Gasteiger partial charge in [-0.25, -0.2) is 0 Å². The Bertz CT molecular complexity index is 315. The number of carboxylic acids is 1. The number of rotatable bonds is 5. The molecule has 1 fully saturated rings. The molecule has 6 atom stereocenters. The van der Waals surface area contributed by atoms with Crippen LogP contribution in [0, 0.1) is 0 Å². The first-order chi connectivity index (χ1) is 8.84. The number of nitrogens with two attached hydrogens (primary N) is 1.